The number of nitrogens with one attached hydrogen (secondary N) is 3. The van der Waals surface area contributed by atoms with Crippen LogP contribution in [0.5, 0.6) is 0 Å². The highest BCUT2D eigenvalue weighted by atomic mass is 19.1. The van der Waals surface area contributed by atoms with Crippen LogP contribution in [0.25, 0.3) is 10.9 Å². The summed E-state index contributed by atoms with van der Waals surface area (Å²) in [6.45, 7) is 3.41. The zero-order chi connectivity index (χ0) is 19.7. The number of rotatable bonds is 5. The van der Waals surface area contributed by atoms with Crippen LogP contribution in [0.2, 0.25) is 0 Å². The average molecular weight is 380 g/mol. The molecule has 1 aliphatic heterocycles. The van der Waals surface area contributed by atoms with Gasteiger partial charge < -0.3 is 9.88 Å². The Morgan fingerprint density at radius 3 is 2.68 bits per heavy atom. The van der Waals surface area contributed by atoms with E-state index in [0.29, 0.717) is 12.2 Å². The van der Waals surface area contributed by atoms with Gasteiger partial charge in [0.2, 0.25) is 0 Å². The maximum absolute atomic E-state index is 13.2. The molecule has 2 aromatic carbocycles. The van der Waals surface area contributed by atoms with E-state index in [1.165, 1.54) is 12.1 Å². The summed E-state index contributed by atoms with van der Waals surface area (Å²) < 4.78 is 13.2. The number of para-hydroxylation sites is 1. The third-order valence-electron chi connectivity index (χ3n) is 5.56. The molecular weight excluding hydrogens is 355 g/mol. The first-order chi connectivity index (χ1) is 13.6. The lowest BCUT2D eigenvalue weighted by atomic mass is 9.94. The lowest BCUT2D eigenvalue weighted by Crippen LogP contribution is -2.35. The highest BCUT2D eigenvalue weighted by Gasteiger charge is 2.31. The molecule has 146 valence electrons. The van der Waals surface area contributed by atoms with Gasteiger partial charge in [-0.05, 0) is 35.7 Å². The van der Waals surface area contributed by atoms with Crippen molar-refractivity contribution in [1.82, 2.24) is 20.7 Å². The zero-order valence-corrected chi connectivity index (χ0v) is 16.1. The number of carbonyl (C=O) groups excluding carboxylic acids is 1. The van der Waals surface area contributed by atoms with E-state index < -0.39 is 0 Å². The molecular formula is C22H25FN4O. The van der Waals surface area contributed by atoms with Crippen molar-refractivity contribution >= 4 is 16.8 Å². The monoisotopic (exact) mass is 380 g/mol. The van der Waals surface area contributed by atoms with Crippen LogP contribution in [-0.2, 0) is 6.42 Å². The molecule has 2 unspecified atom stereocenters. The molecule has 1 saturated heterocycles. The van der Waals surface area contributed by atoms with E-state index in [1.807, 2.05) is 25.2 Å². The number of hydrogen-bond acceptors (Lipinski definition) is 3. The zero-order valence-electron chi connectivity index (χ0n) is 16.1. The van der Waals surface area contributed by atoms with E-state index in [2.05, 4.69) is 28.8 Å². The molecule has 6 heteroatoms. The summed E-state index contributed by atoms with van der Waals surface area (Å²) >= 11 is 0. The molecule has 1 aliphatic rings. The predicted octanol–water partition coefficient (Wildman–Crippen LogP) is 3.41. The Morgan fingerprint density at radius 1 is 1.18 bits per heavy atom. The minimum atomic E-state index is -0.246. The highest BCUT2D eigenvalue weighted by Crippen LogP contribution is 2.27. The largest absolute Gasteiger partial charge is 0.350 e. The quantitative estimate of drug-likeness (QED) is 0.636. The maximum atomic E-state index is 13.2. The van der Waals surface area contributed by atoms with Gasteiger partial charge in [0.05, 0.1) is 6.04 Å². The Balaban J connectivity index is 1.54. The highest BCUT2D eigenvalue weighted by molar-refractivity contribution is 6.01. The molecule has 0 spiro atoms. The molecule has 0 saturated carbocycles. The van der Waals surface area contributed by atoms with Gasteiger partial charge in [-0.2, -0.15) is 0 Å². The molecule has 3 N–H and O–H groups in total. The second-order valence-electron chi connectivity index (χ2n) is 7.38. The van der Waals surface area contributed by atoms with E-state index in [1.54, 1.807) is 17.0 Å². The summed E-state index contributed by atoms with van der Waals surface area (Å²) in [5.41, 5.74) is 10.2. The van der Waals surface area contributed by atoms with Crippen molar-refractivity contribution in [2.24, 2.45) is 5.92 Å². The third kappa shape index (κ3) is 3.41. The molecule has 0 aliphatic carbocycles. The number of benzene rings is 2. The predicted molar refractivity (Wildman–Crippen MR) is 108 cm³/mol. The summed E-state index contributed by atoms with van der Waals surface area (Å²) in [4.78, 5) is 18.3. The van der Waals surface area contributed by atoms with Crippen LogP contribution in [0.15, 0.2) is 48.5 Å². The number of amides is 1. The first kappa shape index (κ1) is 18.7. The van der Waals surface area contributed by atoms with Gasteiger partial charge in [-0.3, -0.25) is 10.2 Å². The van der Waals surface area contributed by atoms with Crippen molar-refractivity contribution in [3.8, 4) is 0 Å². The topological polar surface area (TPSA) is 60.2 Å². The number of aromatic nitrogens is 1. The van der Waals surface area contributed by atoms with Gasteiger partial charge in [0.1, 0.15) is 11.5 Å². The molecule has 4 rings (SSSR count). The molecule has 5 nitrogen and oxygen atoms in total. The summed E-state index contributed by atoms with van der Waals surface area (Å²) in [6, 6.07) is 14.6. The molecule has 0 radical (unpaired) electrons. The second kappa shape index (κ2) is 7.73. The fourth-order valence-electron chi connectivity index (χ4n) is 4.11. The molecule has 1 amide bonds. The Kier molecular flexibility index (Phi) is 5.15. The van der Waals surface area contributed by atoms with Crippen molar-refractivity contribution in [1.29, 1.82) is 0 Å². The van der Waals surface area contributed by atoms with Crippen molar-refractivity contribution in [2.45, 2.75) is 19.4 Å². The summed E-state index contributed by atoms with van der Waals surface area (Å²) in [5, 5.41) is 1.11. The second-order valence-corrected chi connectivity index (χ2v) is 7.38. The van der Waals surface area contributed by atoms with Crippen molar-refractivity contribution in [2.75, 3.05) is 20.1 Å². The number of halogens is 1. The molecule has 1 aromatic heterocycles. The van der Waals surface area contributed by atoms with Crippen LogP contribution < -0.4 is 10.9 Å². The summed E-state index contributed by atoms with van der Waals surface area (Å²) in [6.07, 6.45) is 0.795. The number of H-pyrrole nitrogens is 1. The Labute approximate surface area is 163 Å². The van der Waals surface area contributed by atoms with Crippen LogP contribution in [0.4, 0.5) is 4.39 Å². The number of hydrazine groups is 1. The normalized spacial score (nSPS) is 19.2. The molecule has 0 bridgehead atoms. The molecule has 28 heavy (non-hydrogen) atoms. The minimum Gasteiger partial charge on any atom is -0.350 e. The van der Waals surface area contributed by atoms with Gasteiger partial charge >= 0.3 is 0 Å². The lowest BCUT2D eigenvalue weighted by Gasteiger charge is -2.25. The lowest BCUT2D eigenvalue weighted by molar-refractivity contribution is 0.0765. The SMILES string of the molecule is CCc1c(C(=O)N(C)CC2CNNC2c2ccc(F)cc2)[nH]c2ccccc12. The van der Waals surface area contributed by atoms with Gasteiger partial charge in [0.25, 0.3) is 5.91 Å². The number of fused-ring (bicyclic) bond motifs is 1. The van der Waals surface area contributed by atoms with E-state index in [0.717, 1.165) is 35.0 Å². The number of nitrogens with zero attached hydrogens (tertiary/aromatic N) is 1. The summed E-state index contributed by atoms with van der Waals surface area (Å²) in [5.74, 6) is -0.0591. The third-order valence-corrected chi connectivity index (χ3v) is 5.56. The van der Waals surface area contributed by atoms with Gasteiger partial charge in [0.15, 0.2) is 0 Å². The molecule has 2 atom stereocenters. The Bertz CT molecular complexity index is 982. The van der Waals surface area contributed by atoms with E-state index in [4.69, 9.17) is 0 Å². The van der Waals surface area contributed by atoms with Gasteiger partial charge in [-0.1, -0.05) is 37.3 Å². The van der Waals surface area contributed by atoms with E-state index in [-0.39, 0.29) is 23.7 Å². The van der Waals surface area contributed by atoms with Crippen LogP contribution >= 0.6 is 0 Å². The van der Waals surface area contributed by atoms with Crippen molar-refractivity contribution < 1.29 is 9.18 Å². The van der Waals surface area contributed by atoms with Crippen LogP contribution in [0, 0.1) is 11.7 Å². The first-order valence-corrected chi connectivity index (χ1v) is 9.67. The first-order valence-electron chi connectivity index (χ1n) is 9.67. The molecule has 2 heterocycles. The number of aromatic amines is 1. The molecule has 3 aromatic rings. The Hall–Kier alpha value is -2.70. The smallest absolute Gasteiger partial charge is 0.270 e. The standard InChI is InChI=1S/C22H25FN4O/c1-3-17-18-6-4-5-7-19(18)25-21(17)22(28)27(2)13-15-12-24-26-20(15)14-8-10-16(23)11-9-14/h4-11,15,20,24-26H,3,12-13H2,1-2H3. The molecule has 1 fully saturated rings. The van der Waals surface area contributed by atoms with Crippen LogP contribution in [-0.4, -0.2) is 35.9 Å². The van der Waals surface area contributed by atoms with Gasteiger partial charge in [0, 0.05) is 37.0 Å². The number of aryl methyl sites for hydroxylation is 1. The van der Waals surface area contributed by atoms with Crippen molar-refractivity contribution in [3.05, 3.63) is 71.2 Å². The minimum absolute atomic E-state index is 0.00203. The average Bonchev–Trinajstić information content (AvgIpc) is 3.32. The van der Waals surface area contributed by atoms with Gasteiger partial charge in [-0.25, -0.2) is 9.82 Å². The van der Waals surface area contributed by atoms with Gasteiger partial charge in [-0.15, -0.1) is 0 Å². The van der Waals surface area contributed by atoms with Crippen molar-refractivity contribution in [3.63, 3.8) is 0 Å². The number of hydrogen-bond donors (Lipinski definition) is 3. The summed E-state index contributed by atoms with van der Waals surface area (Å²) in [7, 11) is 1.84. The van der Waals surface area contributed by atoms with Crippen LogP contribution in [0.3, 0.4) is 0 Å². The van der Waals surface area contributed by atoms with Crippen LogP contribution in [0.1, 0.15) is 34.6 Å². The van der Waals surface area contributed by atoms with E-state index in [9.17, 15) is 9.18 Å². The number of carbonyl (C=O) groups is 1. The fraction of sp³-hybridized carbons (Fsp3) is 0.318. The van der Waals surface area contributed by atoms with E-state index >= 15 is 0 Å². The fourth-order valence-corrected chi connectivity index (χ4v) is 4.11. The maximum Gasteiger partial charge on any atom is 0.270 e. The Morgan fingerprint density at radius 2 is 1.93 bits per heavy atom.